The second-order valence-corrected chi connectivity index (χ2v) is 8.43. The molecule has 0 spiro atoms. The first-order chi connectivity index (χ1) is 14.7. The number of hydrogen-bond donors (Lipinski definition) is 2. The van der Waals surface area contributed by atoms with Gasteiger partial charge in [-0.1, -0.05) is 30.3 Å². The molecule has 3 rings (SSSR count). The lowest BCUT2D eigenvalue weighted by Crippen LogP contribution is -2.54. The molecule has 0 radical (unpaired) electrons. The molecule has 1 atom stereocenters. The highest BCUT2D eigenvalue weighted by Crippen LogP contribution is 2.31. The van der Waals surface area contributed by atoms with E-state index in [4.69, 9.17) is 14.5 Å². The summed E-state index contributed by atoms with van der Waals surface area (Å²) in [5.74, 6) is 0.915. The van der Waals surface area contributed by atoms with E-state index in [0.717, 1.165) is 64.7 Å². The van der Waals surface area contributed by atoms with Crippen LogP contribution in [0.3, 0.4) is 0 Å². The van der Waals surface area contributed by atoms with E-state index in [-0.39, 0.29) is 35.6 Å². The van der Waals surface area contributed by atoms with E-state index < -0.39 is 0 Å². The van der Waals surface area contributed by atoms with Crippen LogP contribution in [-0.2, 0) is 9.47 Å². The van der Waals surface area contributed by atoms with Crippen LogP contribution in [0.2, 0.25) is 0 Å². The summed E-state index contributed by atoms with van der Waals surface area (Å²) >= 11 is 0. The third kappa shape index (κ3) is 8.18. The van der Waals surface area contributed by atoms with Crippen molar-refractivity contribution < 1.29 is 9.47 Å². The molecule has 1 aromatic carbocycles. The Kier molecular flexibility index (Phi) is 12.1. The molecule has 1 unspecified atom stereocenters. The normalized spacial score (nSPS) is 20.1. The molecule has 2 aliphatic heterocycles. The number of halogens is 1. The summed E-state index contributed by atoms with van der Waals surface area (Å²) in [5.41, 5.74) is 1.40. The van der Waals surface area contributed by atoms with E-state index in [9.17, 15) is 0 Å². The first kappa shape index (κ1) is 26.4. The van der Waals surface area contributed by atoms with Gasteiger partial charge in [0.25, 0.3) is 0 Å². The highest BCUT2D eigenvalue weighted by Gasteiger charge is 2.39. The first-order valence-electron chi connectivity index (χ1n) is 11.7. The topological polar surface area (TPSA) is 58.1 Å². The zero-order valence-corrected chi connectivity index (χ0v) is 21.6. The molecule has 0 saturated carbocycles. The van der Waals surface area contributed by atoms with Crippen LogP contribution in [0.25, 0.3) is 0 Å². The summed E-state index contributed by atoms with van der Waals surface area (Å²) in [5, 5.41) is 6.89. The molecular formula is C24H41IN4O2. The summed E-state index contributed by atoms with van der Waals surface area (Å²) in [6.45, 7) is 11.6. The Labute approximate surface area is 205 Å². The number of benzene rings is 1. The van der Waals surface area contributed by atoms with Crippen molar-refractivity contribution in [3.63, 3.8) is 0 Å². The van der Waals surface area contributed by atoms with Crippen molar-refractivity contribution in [2.24, 2.45) is 4.99 Å². The van der Waals surface area contributed by atoms with Gasteiger partial charge in [0.15, 0.2) is 5.96 Å². The monoisotopic (exact) mass is 544 g/mol. The number of aliphatic imine (C=N–C) groups is 1. The van der Waals surface area contributed by atoms with E-state index in [0.29, 0.717) is 0 Å². The van der Waals surface area contributed by atoms with Crippen LogP contribution in [0.15, 0.2) is 35.3 Å². The standard InChI is InChI=1S/C24H40N4O2.HI/c1-3-25-23(26-14-9-17-30-21(2)22-10-5-4-6-11-22)27-20-24(12-18-29-19-13-24)28-15-7-8-16-28;/h4-6,10-11,21H,3,7-9,12-20H2,1-2H3,(H2,25,26,27);1H. The van der Waals surface area contributed by atoms with Crippen LogP contribution >= 0.6 is 24.0 Å². The summed E-state index contributed by atoms with van der Waals surface area (Å²) in [4.78, 5) is 7.66. The van der Waals surface area contributed by atoms with E-state index in [1.807, 2.05) is 6.07 Å². The van der Waals surface area contributed by atoms with E-state index >= 15 is 0 Å². The van der Waals surface area contributed by atoms with E-state index in [1.165, 1.54) is 31.5 Å². The fourth-order valence-corrected chi connectivity index (χ4v) is 4.44. The van der Waals surface area contributed by atoms with Gasteiger partial charge in [0.1, 0.15) is 0 Å². The predicted octanol–water partition coefficient (Wildman–Crippen LogP) is 3.97. The molecule has 2 saturated heterocycles. The largest absolute Gasteiger partial charge is 0.381 e. The number of ether oxygens (including phenoxy) is 2. The Morgan fingerprint density at radius 1 is 1.16 bits per heavy atom. The molecule has 2 fully saturated rings. The van der Waals surface area contributed by atoms with Gasteiger partial charge in [-0.3, -0.25) is 9.89 Å². The molecule has 7 heteroatoms. The van der Waals surface area contributed by atoms with Gasteiger partial charge < -0.3 is 20.1 Å². The maximum Gasteiger partial charge on any atom is 0.191 e. The van der Waals surface area contributed by atoms with Crippen molar-refractivity contribution in [1.82, 2.24) is 15.5 Å². The Hall–Kier alpha value is -0.900. The molecule has 1 aromatic rings. The van der Waals surface area contributed by atoms with Crippen LogP contribution in [0, 0.1) is 0 Å². The quantitative estimate of drug-likeness (QED) is 0.202. The van der Waals surface area contributed by atoms with Gasteiger partial charge in [0.05, 0.1) is 12.6 Å². The number of likely N-dealkylation sites (tertiary alicyclic amines) is 1. The maximum atomic E-state index is 5.99. The molecule has 2 aliphatic rings. The second-order valence-electron chi connectivity index (χ2n) is 8.43. The number of nitrogens with one attached hydrogen (secondary N) is 2. The Balaban J connectivity index is 0.00000341. The van der Waals surface area contributed by atoms with Crippen molar-refractivity contribution in [2.45, 2.75) is 57.6 Å². The molecule has 0 aliphatic carbocycles. The van der Waals surface area contributed by atoms with Gasteiger partial charge in [-0.25, -0.2) is 0 Å². The zero-order chi connectivity index (χ0) is 21.1. The lowest BCUT2D eigenvalue weighted by atomic mass is 9.88. The van der Waals surface area contributed by atoms with Gasteiger partial charge in [-0.15, -0.1) is 24.0 Å². The fourth-order valence-electron chi connectivity index (χ4n) is 4.44. The predicted molar refractivity (Wildman–Crippen MR) is 138 cm³/mol. The number of rotatable bonds is 10. The van der Waals surface area contributed by atoms with E-state index in [2.05, 4.69) is 53.6 Å². The van der Waals surface area contributed by atoms with Crippen molar-refractivity contribution in [3.8, 4) is 0 Å². The SMILES string of the molecule is CCNC(=NCC1(N2CCCC2)CCOCC1)NCCCOC(C)c1ccccc1.I. The van der Waals surface area contributed by atoms with Gasteiger partial charge in [-0.05, 0) is 64.6 Å². The van der Waals surface area contributed by atoms with Gasteiger partial charge in [-0.2, -0.15) is 0 Å². The van der Waals surface area contributed by atoms with Gasteiger partial charge >= 0.3 is 0 Å². The molecule has 6 nitrogen and oxygen atoms in total. The average Bonchev–Trinajstić information content (AvgIpc) is 3.34. The summed E-state index contributed by atoms with van der Waals surface area (Å²) < 4.78 is 11.6. The maximum absolute atomic E-state index is 5.99. The minimum atomic E-state index is 0. The fraction of sp³-hybridized carbons (Fsp3) is 0.708. The zero-order valence-electron chi connectivity index (χ0n) is 19.3. The van der Waals surface area contributed by atoms with Gasteiger partial charge in [0.2, 0.25) is 0 Å². The van der Waals surface area contributed by atoms with Crippen molar-refractivity contribution in [2.75, 3.05) is 52.5 Å². The van der Waals surface area contributed by atoms with E-state index in [1.54, 1.807) is 0 Å². The molecular weight excluding hydrogens is 503 g/mol. The summed E-state index contributed by atoms with van der Waals surface area (Å²) in [6.07, 6.45) is 5.87. The lowest BCUT2D eigenvalue weighted by Gasteiger charge is -2.43. The summed E-state index contributed by atoms with van der Waals surface area (Å²) in [7, 11) is 0. The minimum Gasteiger partial charge on any atom is -0.381 e. The third-order valence-corrected chi connectivity index (χ3v) is 6.33. The Bertz CT molecular complexity index is 632. The van der Waals surface area contributed by atoms with Crippen molar-refractivity contribution in [3.05, 3.63) is 35.9 Å². The lowest BCUT2D eigenvalue weighted by molar-refractivity contribution is -0.0139. The smallest absolute Gasteiger partial charge is 0.191 e. The second kappa shape index (κ2) is 14.3. The van der Waals surface area contributed by atoms with Crippen LogP contribution in [0.5, 0.6) is 0 Å². The molecule has 0 aromatic heterocycles. The molecule has 2 N–H and O–H groups in total. The molecule has 176 valence electrons. The van der Waals surface area contributed by atoms with Crippen LogP contribution in [0.1, 0.15) is 57.6 Å². The highest BCUT2D eigenvalue weighted by atomic mass is 127. The first-order valence-corrected chi connectivity index (χ1v) is 11.7. The molecule has 0 amide bonds. The van der Waals surface area contributed by atoms with Crippen LogP contribution < -0.4 is 10.6 Å². The third-order valence-electron chi connectivity index (χ3n) is 6.33. The highest BCUT2D eigenvalue weighted by molar-refractivity contribution is 14.0. The summed E-state index contributed by atoms with van der Waals surface area (Å²) in [6, 6.07) is 10.4. The van der Waals surface area contributed by atoms with Crippen LogP contribution in [0.4, 0.5) is 0 Å². The average molecular weight is 545 g/mol. The molecule has 2 heterocycles. The number of nitrogens with zero attached hydrogens (tertiary/aromatic N) is 2. The number of hydrogen-bond acceptors (Lipinski definition) is 4. The number of guanidine groups is 1. The molecule has 31 heavy (non-hydrogen) atoms. The van der Waals surface area contributed by atoms with Crippen molar-refractivity contribution >= 4 is 29.9 Å². The van der Waals surface area contributed by atoms with Crippen LogP contribution in [-0.4, -0.2) is 68.9 Å². The van der Waals surface area contributed by atoms with Crippen molar-refractivity contribution in [1.29, 1.82) is 0 Å². The minimum absolute atomic E-state index is 0. The Morgan fingerprint density at radius 3 is 2.55 bits per heavy atom. The Morgan fingerprint density at radius 2 is 1.87 bits per heavy atom. The van der Waals surface area contributed by atoms with Gasteiger partial charge in [0, 0.05) is 38.4 Å². The molecule has 0 bridgehead atoms.